The highest BCUT2D eigenvalue weighted by atomic mass is 16.4. The van der Waals surface area contributed by atoms with Crippen LogP contribution in [0.4, 0.5) is 0 Å². The van der Waals surface area contributed by atoms with Crippen LogP contribution in [0.15, 0.2) is 60.7 Å². The van der Waals surface area contributed by atoms with Crippen LogP contribution in [-0.4, -0.2) is 39.0 Å². The van der Waals surface area contributed by atoms with E-state index in [2.05, 4.69) is 77.2 Å². The number of aromatic nitrogens is 2. The van der Waals surface area contributed by atoms with Gasteiger partial charge in [-0.1, -0.05) is 62.4 Å². The minimum Gasteiger partial charge on any atom is -0.478 e. The quantitative estimate of drug-likeness (QED) is 0.310. The minimum absolute atomic E-state index is 0.216. The van der Waals surface area contributed by atoms with Crippen molar-refractivity contribution in [2.45, 2.75) is 40.2 Å². The fourth-order valence-electron chi connectivity index (χ4n) is 4.50. The van der Waals surface area contributed by atoms with Crippen molar-refractivity contribution in [3.05, 3.63) is 77.6 Å². The number of hydrogen-bond acceptors (Lipinski definition) is 3. The Morgan fingerprint density at radius 2 is 1.61 bits per heavy atom. The highest BCUT2D eigenvalue weighted by Gasteiger charge is 2.15. The van der Waals surface area contributed by atoms with Crippen molar-refractivity contribution in [2.24, 2.45) is 0 Å². The highest BCUT2D eigenvalue weighted by molar-refractivity contribution is 6.03. The van der Waals surface area contributed by atoms with Crippen molar-refractivity contribution in [3.8, 4) is 22.3 Å². The zero-order valence-electron chi connectivity index (χ0n) is 19.6. The van der Waals surface area contributed by atoms with E-state index in [0.29, 0.717) is 11.3 Å². The smallest absolute Gasteiger partial charge is 0.337 e. The number of aryl methyl sites for hydroxylation is 1. The number of carboxylic acids is 1. The summed E-state index contributed by atoms with van der Waals surface area (Å²) in [5.74, 6) is -0.264. The van der Waals surface area contributed by atoms with E-state index >= 15 is 0 Å². The molecule has 1 heterocycles. The number of nitrogens with one attached hydrogen (secondary N) is 1. The van der Waals surface area contributed by atoms with Crippen LogP contribution < -0.4 is 0 Å². The number of fused-ring (bicyclic) bond motifs is 1. The maximum Gasteiger partial charge on any atom is 0.337 e. The van der Waals surface area contributed by atoms with Crippen LogP contribution in [0.25, 0.3) is 33.3 Å². The van der Waals surface area contributed by atoms with Gasteiger partial charge in [-0.2, -0.15) is 0 Å². The van der Waals surface area contributed by atoms with Gasteiger partial charge >= 0.3 is 5.97 Å². The number of rotatable bonds is 9. The molecule has 33 heavy (non-hydrogen) atoms. The minimum atomic E-state index is -0.970. The van der Waals surface area contributed by atoms with Crippen molar-refractivity contribution in [3.63, 3.8) is 0 Å². The van der Waals surface area contributed by atoms with Crippen molar-refractivity contribution in [1.82, 2.24) is 14.9 Å². The Morgan fingerprint density at radius 1 is 0.939 bits per heavy atom. The van der Waals surface area contributed by atoms with Gasteiger partial charge in [0, 0.05) is 6.54 Å². The molecule has 0 saturated carbocycles. The molecular weight excluding hydrogens is 410 g/mol. The second-order valence-corrected chi connectivity index (χ2v) is 8.56. The average molecular weight is 442 g/mol. The van der Waals surface area contributed by atoms with Gasteiger partial charge in [-0.25, -0.2) is 9.78 Å². The molecule has 0 spiro atoms. The molecule has 0 amide bonds. The molecule has 0 saturated heterocycles. The van der Waals surface area contributed by atoms with Gasteiger partial charge in [0.2, 0.25) is 0 Å². The lowest BCUT2D eigenvalue weighted by Gasteiger charge is -2.22. The predicted octanol–water partition coefficient (Wildman–Crippen LogP) is 6.53. The molecule has 1 aromatic heterocycles. The maximum atomic E-state index is 11.8. The lowest BCUT2D eigenvalue weighted by molar-refractivity contribution is 0.0699. The Hall–Kier alpha value is -3.44. The van der Waals surface area contributed by atoms with Crippen molar-refractivity contribution >= 4 is 17.0 Å². The molecule has 0 atom stereocenters. The summed E-state index contributed by atoms with van der Waals surface area (Å²) in [4.78, 5) is 21.8. The van der Waals surface area contributed by atoms with E-state index in [1.54, 1.807) is 6.07 Å². The molecule has 170 valence electrons. The fraction of sp³-hybridized carbons (Fsp3) is 0.286. The number of H-pyrrole nitrogens is 1. The highest BCUT2D eigenvalue weighted by Crippen LogP contribution is 2.30. The summed E-state index contributed by atoms with van der Waals surface area (Å²) >= 11 is 0. The molecule has 5 heteroatoms. The van der Waals surface area contributed by atoms with Gasteiger partial charge in [0.05, 0.1) is 11.1 Å². The Kier molecular flexibility index (Phi) is 6.90. The molecule has 0 aliphatic carbocycles. The molecule has 0 radical (unpaired) electrons. The van der Waals surface area contributed by atoms with E-state index in [-0.39, 0.29) is 5.56 Å². The van der Waals surface area contributed by atoms with Gasteiger partial charge in [0.15, 0.2) is 0 Å². The van der Waals surface area contributed by atoms with Crippen LogP contribution in [0.1, 0.15) is 48.4 Å². The zero-order chi connectivity index (χ0) is 23.4. The third kappa shape index (κ3) is 4.99. The molecule has 0 unspecified atom stereocenters. The summed E-state index contributed by atoms with van der Waals surface area (Å²) in [5.41, 5.74) is 7.03. The van der Waals surface area contributed by atoms with Crippen LogP contribution in [0, 0.1) is 6.92 Å². The van der Waals surface area contributed by atoms with Gasteiger partial charge in [0.25, 0.3) is 0 Å². The second kappa shape index (κ2) is 10.0. The Balaban J connectivity index is 1.67. The van der Waals surface area contributed by atoms with Crippen molar-refractivity contribution < 1.29 is 9.90 Å². The summed E-state index contributed by atoms with van der Waals surface area (Å²) in [6.45, 7) is 9.43. The number of imidazole rings is 1. The fourth-order valence-corrected chi connectivity index (χ4v) is 4.50. The molecule has 3 aromatic carbocycles. The SMILES string of the molecule is CCCN(CCC)Cc1ccccc1-c1ccc(-c2cc(C(=O)O)c3nc(C)[nH]c3c2)cc1. The number of nitrogens with zero attached hydrogens (tertiary/aromatic N) is 2. The van der Waals surface area contributed by atoms with Crippen molar-refractivity contribution in [2.75, 3.05) is 13.1 Å². The van der Waals surface area contributed by atoms with E-state index in [0.717, 1.165) is 49.1 Å². The summed E-state index contributed by atoms with van der Waals surface area (Å²) in [6.07, 6.45) is 2.30. The monoisotopic (exact) mass is 441 g/mol. The van der Waals surface area contributed by atoms with E-state index in [1.165, 1.54) is 16.7 Å². The topological polar surface area (TPSA) is 69.2 Å². The first-order valence-corrected chi connectivity index (χ1v) is 11.6. The lowest BCUT2D eigenvalue weighted by Crippen LogP contribution is -2.25. The Labute approximate surface area is 195 Å². The first-order valence-electron chi connectivity index (χ1n) is 11.6. The molecular formula is C28H31N3O2. The standard InChI is InChI=1S/C28H31N3O2/c1-4-14-31(15-5-2)18-22-8-6-7-9-24(22)21-12-10-20(11-13-21)23-16-25(28(32)33)27-26(17-23)29-19(3)30-27/h6-13,16-17H,4-5,14-15,18H2,1-3H3,(H,29,30)(H,32,33). The number of carboxylic acid groups (broad SMARTS) is 1. The Morgan fingerprint density at radius 3 is 2.27 bits per heavy atom. The van der Waals surface area contributed by atoms with Crippen LogP contribution >= 0.6 is 0 Å². The van der Waals surface area contributed by atoms with Crippen LogP contribution in [0.2, 0.25) is 0 Å². The lowest BCUT2D eigenvalue weighted by atomic mass is 9.96. The third-order valence-corrected chi connectivity index (χ3v) is 5.96. The normalized spacial score (nSPS) is 11.4. The van der Waals surface area contributed by atoms with E-state index < -0.39 is 5.97 Å². The van der Waals surface area contributed by atoms with Crippen LogP contribution in [-0.2, 0) is 6.54 Å². The summed E-state index contributed by atoms with van der Waals surface area (Å²) in [6, 6.07) is 20.7. The van der Waals surface area contributed by atoms with Gasteiger partial charge in [-0.15, -0.1) is 0 Å². The average Bonchev–Trinajstić information content (AvgIpc) is 3.19. The van der Waals surface area contributed by atoms with E-state index in [1.807, 2.05) is 13.0 Å². The summed E-state index contributed by atoms with van der Waals surface area (Å²) in [5, 5.41) is 9.68. The summed E-state index contributed by atoms with van der Waals surface area (Å²) in [7, 11) is 0. The zero-order valence-corrected chi connectivity index (χ0v) is 19.6. The number of hydrogen-bond donors (Lipinski definition) is 2. The number of aromatic carboxylic acids is 1. The molecule has 5 nitrogen and oxygen atoms in total. The van der Waals surface area contributed by atoms with Crippen LogP contribution in [0.5, 0.6) is 0 Å². The maximum absolute atomic E-state index is 11.8. The van der Waals surface area contributed by atoms with Gasteiger partial charge in [0.1, 0.15) is 11.3 Å². The molecule has 4 aromatic rings. The number of carbonyl (C=O) groups is 1. The first kappa shape index (κ1) is 22.7. The third-order valence-electron chi connectivity index (χ3n) is 5.96. The Bertz CT molecular complexity index is 1250. The van der Waals surface area contributed by atoms with E-state index in [4.69, 9.17) is 0 Å². The molecule has 4 rings (SSSR count). The number of benzene rings is 3. The van der Waals surface area contributed by atoms with Gasteiger partial charge in [-0.05, 0) is 72.8 Å². The number of aromatic amines is 1. The molecule has 2 N–H and O–H groups in total. The van der Waals surface area contributed by atoms with Gasteiger partial charge in [-0.3, -0.25) is 4.90 Å². The molecule has 0 aliphatic heterocycles. The van der Waals surface area contributed by atoms with Crippen LogP contribution in [0.3, 0.4) is 0 Å². The second-order valence-electron chi connectivity index (χ2n) is 8.56. The molecule has 0 aliphatic rings. The van der Waals surface area contributed by atoms with Crippen molar-refractivity contribution in [1.29, 1.82) is 0 Å². The van der Waals surface area contributed by atoms with E-state index in [9.17, 15) is 9.90 Å². The predicted molar refractivity (Wildman–Crippen MR) is 135 cm³/mol. The molecule has 0 fully saturated rings. The molecule has 0 bridgehead atoms. The first-order chi connectivity index (χ1) is 16.0. The summed E-state index contributed by atoms with van der Waals surface area (Å²) < 4.78 is 0. The largest absolute Gasteiger partial charge is 0.478 e. The van der Waals surface area contributed by atoms with Gasteiger partial charge < -0.3 is 10.1 Å².